The molecule has 2 aliphatic heterocycles. The molecule has 2 nitrogen and oxygen atoms in total. The maximum absolute atomic E-state index is 3.56. The maximum atomic E-state index is 3.56. The van der Waals surface area contributed by atoms with Gasteiger partial charge in [0, 0.05) is 18.0 Å². The molecular formula is C12H9BrN2. The van der Waals surface area contributed by atoms with E-state index in [0.717, 1.165) is 4.61 Å². The van der Waals surface area contributed by atoms with Gasteiger partial charge in [0.05, 0.1) is 5.69 Å². The average Bonchev–Trinajstić information content (AvgIpc) is 2.30. The summed E-state index contributed by atoms with van der Waals surface area (Å²) in [4.78, 5) is 0. The van der Waals surface area contributed by atoms with Crippen molar-refractivity contribution in [2.24, 2.45) is 0 Å². The zero-order valence-electron chi connectivity index (χ0n) is 7.97. The monoisotopic (exact) mass is 260 g/mol. The third-order valence-electron chi connectivity index (χ3n) is 2.47. The van der Waals surface area contributed by atoms with Crippen LogP contribution in [0.15, 0.2) is 53.4 Å². The predicted octanol–water partition coefficient (Wildman–Crippen LogP) is 3.46. The van der Waals surface area contributed by atoms with Gasteiger partial charge in [-0.05, 0) is 40.2 Å². The van der Waals surface area contributed by atoms with Crippen LogP contribution >= 0.6 is 15.9 Å². The molecule has 0 radical (unpaired) electrons. The number of para-hydroxylation sites is 1. The number of halogens is 1. The summed E-state index contributed by atoms with van der Waals surface area (Å²) in [5.74, 6) is 0. The number of hydrogen-bond donors (Lipinski definition) is 0. The molecule has 0 unspecified atom stereocenters. The van der Waals surface area contributed by atoms with Crippen LogP contribution in [-0.4, -0.2) is 5.01 Å². The molecule has 0 bridgehead atoms. The third-order valence-corrected chi connectivity index (χ3v) is 3.07. The zero-order chi connectivity index (χ0) is 10.3. The van der Waals surface area contributed by atoms with E-state index >= 15 is 0 Å². The van der Waals surface area contributed by atoms with E-state index < -0.39 is 0 Å². The fourth-order valence-corrected chi connectivity index (χ4v) is 2.32. The van der Waals surface area contributed by atoms with Gasteiger partial charge in [0.15, 0.2) is 0 Å². The molecule has 1 aromatic rings. The lowest BCUT2D eigenvalue weighted by Gasteiger charge is -2.38. The number of nitrogens with zero attached hydrogens (tertiary/aromatic N) is 2. The fraction of sp³-hybridized carbons (Fsp3) is 0. The molecule has 0 aliphatic carbocycles. The molecule has 2 heterocycles. The Morgan fingerprint density at radius 1 is 0.933 bits per heavy atom. The van der Waals surface area contributed by atoms with Crippen molar-refractivity contribution in [1.29, 1.82) is 0 Å². The van der Waals surface area contributed by atoms with Gasteiger partial charge >= 0.3 is 0 Å². The van der Waals surface area contributed by atoms with Crippen molar-refractivity contribution in [2.45, 2.75) is 0 Å². The molecule has 3 heteroatoms. The second-order valence-corrected chi connectivity index (χ2v) is 4.21. The highest BCUT2D eigenvalue weighted by molar-refractivity contribution is 9.11. The Balaban J connectivity index is 2.20. The SMILES string of the molecule is BrC1=Cc2ccccc2N2C=CC=CN12. The summed E-state index contributed by atoms with van der Waals surface area (Å²) >= 11 is 3.56. The molecule has 15 heavy (non-hydrogen) atoms. The summed E-state index contributed by atoms with van der Waals surface area (Å²) in [6, 6.07) is 8.33. The molecule has 0 saturated carbocycles. The molecule has 0 atom stereocenters. The summed E-state index contributed by atoms with van der Waals surface area (Å²) in [5, 5.41) is 4.17. The number of anilines is 1. The van der Waals surface area contributed by atoms with Crippen molar-refractivity contribution < 1.29 is 0 Å². The summed E-state index contributed by atoms with van der Waals surface area (Å²) in [6.07, 6.45) is 10.2. The Kier molecular flexibility index (Phi) is 1.92. The minimum atomic E-state index is 1.04. The number of rotatable bonds is 0. The van der Waals surface area contributed by atoms with Gasteiger partial charge in [-0.3, -0.25) is 5.01 Å². The summed E-state index contributed by atoms with van der Waals surface area (Å²) in [6.45, 7) is 0. The molecule has 0 saturated heterocycles. The molecule has 1 aromatic carbocycles. The topological polar surface area (TPSA) is 6.48 Å². The highest BCUT2D eigenvalue weighted by Crippen LogP contribution is 2.35. The summed E-state index contributed by atoms with van der Waals surface area (Å²) < 4.78 is 1.04. The van der Waals surface area contributed by atoms with E-state index in [-0.39, 0.29) is 0 Å². The second kappa shape index (κ2) is 3.28. The fourth-order valence-electron chi connectivity index (χ4n) is 1.79. The van der Waals surface area contributed by atoms with Gasteiger partial charge in [-0.15, -0.1) is 0 Å². The van der Waals surface area contributed by atoms with Crippen molar-refractivity contribution in [3.8, 4) is 0 Å². The number of fused-ring (bicyclic) bond motifs is 3. The molecule has 74 valence electrons. The first-order chi connectivity index (χ1) is 7.36. The minimum absolute atomic E-state index is 1.04. The van der Waals surface area contributed by atoms with E-state index in [2.05, 4.69) is 56.3 Å². The van der Waals surface area contributed by atoms with Gasteiger partial charge in [-0.1, -0.05) is 18.2 Å². The molecular weight excluding hydrogens is 252 g/mol. The second-order valence-electron chi connectivity index (χ2n) is 3.40. The van der Waals surface area contributed by atoms with Crippen molar-refractivity contribution in [3.63, 3.8) is 0 Å². The highest BCUT2D eigenvalue weighted by Gasteiger charge is 2.21. The number of benzene rings is 1. The standard InChI is InChI=1S/C12H9BrN2/c13-12-9-10-5-1-2-6-11(10)14-7-3-4-8-15(12)14/h1-9H. The van der Waals surface area contributed by atoms with Crippen LogP contribution in [0.2, 0.25) is 0 Å². The molecule has 0 amide bonds. The van der Waals surface area contributed by atoms with Crippen LogP contribution in [-0.2, 0) is 0 Å². The van der Waals surface area contributed by atoms with Crippen LogP contribution < -0.4 is 5.01 Å². The van der Waals surface area contributed by atoms with Gasteiger partial charge in [0.2, 0.25) is 0 Å². The number of allylic oxidation sites excluding steroid dienone is 2. The van der Waals surface area contributed by atoms with Gasteiger partial charge < -0.3 is 0 Å². The van der Waals surface area contributed by atoms with Gasteiger partial charge in [-0.2, -0.15) is 0 Å². The van der Waals surface area contributed by atoms with Crippen LogP contribution in [0.5, 0.6) is 0 Å². The summed E-state index contributed by atoms with van der Waals surface area (Å²) in [5.41, 5.74) is 2.42. The molecule has 0 aromatic heterocycles. The smallest absolute Gasteiger partial charge is 0.106 e. The Bertz CT molecular complexity index is 488. The Morgan fingerprint density at radius 2 is 1.67 bits per heavy atom. The normalized spacial score (nSPS) is 17.3. The third kappa shape index (κ3) is 1.31. The van der Waals surface area contributed by atoms with E-state index in [1.54, 1.807) is 0 Å². The van der Waals surface area contributed by atoms with E-state index in [1.807, 2.05) is 24.6 Å². The molecule has 0 fully saturated rings. The molecule has 2 aliphatic rings. The van der Waals surface area contributed by atoms with E-state index in [0.29, 0.717) is 0 Å². The quantitative estimate of drug-likeness (QED) is 0.660. The highest BCUT2D eigenvalue weighted by atomic mass is 79.9. The Hall–Kier alpha value is -1.48. The first kappa shape index (κ1) is 8.80. The van der Waals surface area contributed by atoms with Gasteiger partial charge in [-0.25, -0.2) is 5.01 Å². The van der Waals surface area contributed by atoms with E-state index in [4.69, 9.17) is 0 Å². The first-order valence-corrected chi connectivity index (χ1v) is 5.55. The largest absolute Gasteiger partial charge is 0.256 e. The van der Waals surface area contributed by atoms with Crippen LogP contribution in [0.4, 0.5) is 5.69 Å². The van der Waals surface area contributed by atoms with Crippen LogP contribution in [0, 0.1) is 0 Å². The van der Waals surface area contributed by atoms with Crippen molar-refractivity contribution >= 4 is 27.7 Å². The number of hydrogen-bond acceptors (Lipinski definition) is 2. The number of hydrazine groups is 1. The lowest BCUT2D eigenvalue weighted by molar-refractivity contribution is 0.496. The Labute approximate surface area is 96.9 Å². The Morgan fingerprint density at radius 3 is 2.53 bits per heavy atom. The van der Waals surface area contributed by atoms with Crippen LogP contribution in [0.1, 0.15) is 5.56 Å². The average molecular weight is 261 g/mol. The lowest BCUT2D eigenvalue weighted by Crippen LogP contribution is -2.36. The summed E-state index contributed by atoms with van der Waals surface area (Å²) in [7, 11) is 0. The van der Waals surface area contributed by atoms with Gasteiger partial charge in [0.1, 0.15) is 4.61 Å². The lowest BCUT2D eigenvalue weighted by atomic mass is 10.1. The molecule has 0 spiro atoms. The first-order valence-electron chi connectivity index (χ1n) is 4.76. The van der Waals surface area contributed by atoms with Crippen molar-refractivity contribution in [3.05, 3.63) is 59.0 Å². The van der Waals surface area contributed by atoms with Crippen molar-refractivity contribution in [2.75, 3.05) is 5.01 Å². The van der Waals surface area contributed by atoms with Crippen LogP contribution in [0.3, 0.4) is 0 Å². The molecule has 0 N–H and O–H groups in total. The van der Waals surface area contributed by atoms with E-state index in [9.17, 15) is 0 Å². The van der Waals surface area contributed by atoms with Crippen LogP contribution in [0.25, 0.3) is 6.08 Å². The van der Waals surface area contributed by atoms with Gasteiger partial charge in [0.25, 0.3) is 0 Å². The van der Waals surface area contributed by atoms with Crippen molar-refractivity contribution in [1.82, 2.24) is 5.01 Å². The minimum Gasteiger partial charge on any atom is -0.256 e. The maximum Gasteiger partial charge on any atom is 0.106 e. The molecule has 3 rings (SSSR count). The zero-order valence-corrected chi connectivity index (χ0v) is 9.55. The predicted molar refractivity (Wildman–Crippen MR) is 65.9 cm³/mol. The van der Waals surface area contributed by atoms with E-state index in [1.165, 1.54) is 11.3 Å².